The second-order valence-electron chi connectivity index (χ2n) is 5.01. The quantitative estimate of drug-likeness (QED) is 0.804. The van der Waals surface area contributed by atoms with Crippen LogP contribution in [0.4, 0.5) is 0 Å². The maximum absolute atomic E-state index is 6.29. The van der Waals surface area contributed by atoms with E-state index in [2.05, 4.69) is 31.1 Å². The Morgan fingerprint density at radius 3 is 2.58 bits per heavy atom. The molecule has 4 heteroatoms. The van der Waals surface area contributed by atoms with Gasteiger partial charge in [0, 0.05) is 12.1 Å². The molecule has 0 aromatic heterocycles. The van der Waals surface area contributed by atoms with Crippen LogP contribution >= 0.6 is 23.2 Å². The third-order valence-electron chi connectivity index (χ3n) is 3.82. The first kappa shape index (κ1) is 16.8. The predicted molar refractivity (Wildman–Crippen MR) is 85.3 cm³/mol. The normalized spacial score (nSPS) is 14.7. The molecule has 1 aromatic carbocycles. The maximum Gasteiger partial charge on any atom is 0.0640 e. The molecule has 2 atom stereocenters. The average Bonchev–Trinajstić information content (AvgIpc) is 2.42. The maximum atomic E-state index is 6.29. The number of benzene rings is 1. The Morgan fingerprint density at radius 1 is 1.32 bits per heavy atom. The van der Waals surface area contributed by atoms with Gasteiger partial charge in [-0.15, -0.1) is 0 Å². The highest BCUT2D eigenvalue weighted by Gasteiger charge is 2.16. The van der Waals surface area contributed by atoms with Gasteiger partial charge >= 0.3 is 0 Å². The van der Waals surface area contributed by atoms with Crippen molar-refractivity contribution in [3.63, 3.8) is 0 Å². The highest BCUT2D eigenvalue weighted by atomic mass is 35.5. The standard InChI is InChI=1S/C15H24Cl2N2/c1-5-11(2)19(4)10-9-14(18-3)12-7-6-8-13(16)15(12)17/h6-8,11,14,18H,5,9-10H2,1-4H3. The Hall–Kier alpha value is -0.280. The van der Waals surface area contributed by atoms with Crippen LogP contribution in [-0.4, -0.2) is 31.6 Å². The Labute approximate surface area is 127 Å². The fourth-order valence-corrected chi connectivity index (χ4v) is 2.55. The summed E-state index contributed by atoms with van der Waals surface area (Å²) < 4.78 is 0. The van der Waals surface area contributed by atoms with Gasteiger partial charge in [0.2, 0.25) is 0 Å². The lowest BCUT2D eigenvalue weighted by Crippen LogP contribution is -2.31. The van der Waals surface area contributed by atoms with Crippen molar-refractivity contribution in [3.05, 3.63) is 33.8 Å². The van der Waals surface area contributed by atoms with E-state index >= 15 is 0 Å². The summed E-state index contributed by atoms with van der Waals surface area (Å²) in [5.74, 6) is 0. The van der Waals surface area contributed by atoms with E-state index in [1.165, 1.54) is 6.42 Å². The van der Waals surface area contributed by atoms with Crippen molar-refractivity contribution in [3.8, 4) is 0 Å². The molecule has 2 unspecified atom stereocenters. The van der Waals surface area contributed by atoms with Crippen molar-refractivity contribution in [2.24, 2.45) is 0 Å². The van der Waals surface area contributed by atoms with Crippen LogP contribution in [0.25, 0.3) is 0 Å². The van der Waals surface area contributed by atoms with Gasteiger partial charge in [0.25, 0.3) is 0 Å². The molecular weight excluding hydrogens is 279 g/mol. The highest BCUT2D eigenvalue weighted by molar-refractivity contribution is 6.42. The van der Waals surface area contributed by atoms with Crippen molar-refractivity contribution < 1.29 is 0 Å². The number of hydrogen-bond acceptors (Lipinski definition) is 2. The van der Waals surface area contributed by atoms with E-state index in [1.54, 1.807) is 0 Å². The van der Waals surface area contributed by atoms with Crippen LogP contribution < -0.4 is 5.32 Å². The van der Waals surface area contributed by atoms with Crippen molar-refractivity contribution in [2.45, 2.75) is 38.8 Å². The molecular formula is C15H24Cl2N2. The summed E-state index contributed by atoms with van der Waals surface area (Å²) in [4.78, 5) is 2.38. The molecule has 0 heterocycles. The van der Waals surface area contributed by atoms with Crippen LogP contribution in [0.2, 0.25) is 10.0 Å². The lowest BCUT2D eigenvalue weighted by Gasteiger charge is -2.26. The Balaban J connectivity index is 2.71. The van der Waals surface area contributed by atoms with Gasteiger partial charge < -0.3 is 10.2 Å². The molecule has 0 saturated heterocycles. The molecule has 108 valence electrons. The first-order valence-electron chi connectivity index (χ1n) is 6.82. The van der Waals surface area contributed by atoms with Gasteiger partial charge in [-0.3, -0.25) is 0 Å². The van der Waals surface area contributed by atoms with E-state index in [0.29, 0.717) is 16.1 Å². The lowest BCUT2D eigenvalue weighted by molar-refractivity contribution is 0.239. The summed E-state index contributed by atoms with van der Waals surface area (Å²) in [7, 11) is 4.13. The molecule has 0 amide bonds. The van der Waals surface area contributed by atoms with Crippen LogP contribution in [0.5, 0.6) is 0 Å². The van der Waals surface area contributed by atoms with Gasteiger partial charge in [0.15, 0.2) is 0 Å². The zero-order chi connectivity index (χ0) is 14.4. The van der Waals surface area contributed by atoms with Gasteiger partial charge in [-0.05, 0) is 52.0 Å². The fraction of sp³-hybridized carbons (Fsp3) is 0.600. The Bertz CT molecular complexity index is 396. The fourth-order valence-electron chi connectivity index (χ4n) is 2.11. The number of nitrogens with zero attached hydrogens (tertiary/aromatic N) is 1. The van der Waals surface area contributed by atoms with E-state index in [9.17, 15) is 0 Å². The third kappa shape index (κ3) is 4.64. The summed E-state index contributed by atoms with van der Waals surface area (Å²) >= 11 is 12.4. The van der Waals surface area contributed by atoms with Crippen molar-refractivity contribution in [2.75, 3.05) is 20.6 Å². The monoisotopic (exact) mass is 302 g/mol. The van der Waals surface area contributed by atoms with Crippen molar-refractivity contribution >= 4 is 23.2 Å². The molecule has 0 bridgehead atoms. The molecule has 19 heavy (non-hydrogen) atoms. The van der Waals surface area contributed by atoms with Crippen molar-refractivity contribution in [1.29, 1.82) is 0 Å². The molecule has 0 fully saturated rings. The van der Waals surface area contributed by atoms with E-state index in [-0.39, 0.29) is 6.04 Å². The highest BCUT2D eigenvalue weighted by Crippen LogP contribution is 2.31. The van der Waals surface area contributed by atoms with E-state index in [4.69, 9.17) is 23.2 Å². The molecule has 0 aliphatic rings. The molecule has 2 nitrogen and oxygen atoms in total. The van der Waals surface area contributed by atoms with Gasteiger partial charge in [-0.25, -0.2) is 0 Å². The van der Waals surface area contributed by atoms with E-state index < -0.39 is 0 Å². The second-order valence-corrected chi connectivity index (χ2v) is 5.80. The zero-order valence-electron chi connectivity index (χ0n) is 12.2. The SMILES string of the molecule is CCC(C)N(C)CCC(NC)c1cccc(Cl)c1Cl. The number of hydrogen-bond donors (Lipinski definition) is 1. The molecule has 0 aliphatic carbocycles. The molecule has 0 aliphatic heterocycles. The molecule has 0 spiro atoms. The largest absolute Gasteiger partial charge is 0.313 e. The van der Waals surface area contributed by atoms with Crippen molar-refractivity contribution in [1.82, 2.24) is 10.2 Å². The average molecular weight is 303 g/mol. The summed E-state index contributed by atoms with van der Waals surface area (Å²) in [5.41, 5.74) is 1.08. The van der Waals surface area contributed by atoms with Crippen LogP contribution in [0.1, 0.15) is 38.3 Å². The Morgan fingerprint density at radius 2 is 2.00 bits per heavy atom. The van der Waals surface area contributed by atoms with Crippen LogP contribution in [0.15, 0.2) is 18.2 Å². The molecule has 1 rings (SSSR count). The minimum absolute atomic E-state index is 0.234. The van der Waals surface area contributed by atoms with Gasteiger partial charge in [-0.1, -0.05) is 42.3 Å². The summed E-state index contributed by atoms with van der Waals surface area (Å²) in [6.45, 7) is 5.49. The van der Waals surface area contributed by atoms with Gasteiger partial charge in [-0.2, -0.15) is 0 Å². The first-order valence-corrected chi connectivity index (χ1v) is 7.58. The van der Waals surface area contributed by atoms with Gasteiger partial charge in [0.1, 0.15) is 0 Å². The predicted octanol–water partition coefficient (Wildman–Crippen LogP) is 4.37. The molecule has 0 saturated carbocycles. The minimum Gasteiger partial charge on any atom is -0.313 e. The van der Waals surface area contributed by atoms with E-state index in [0.717, 1.165) is 18.5 Å². The molecule has 0 radical (unpaired) electrons. The number of halogens is 2. The smallest absolute Gasteiger partial charge is 0.0640 e. The summed E-state index contributed by atoms with van der Waals surface area (Å²) in [6.07, 6.45) is 2.18. The third-order valence-corrected chi connectivity index (χ3v) is 4.65. The number of nitrogens with one attached hydrogen (secondary N) is 1. The number of rotatable bonds is 7. The van der Waals surface area contributed by atoms with Crippen LogP contribution in [0.3, 0.4) is 0 Å². The zero-order valence-corrected chi connectivity index (χ0v) is 13.7. The lowest BCUT2D eigenvalue weighted by atomic mass is 10.0. The topological polar surface area (TPSA) is 15.3 Å². The van der Waals surface area contributed by atoms with Crippen LogP contribution in [0, 0.1) is 0 Å². The van der Waals surface area contributed by atoms with Crippen LogP contribution in [-0.2, 0) is 0 Å². The molecule has 1 aromatic rings. The van der Waals surface area contributed by atoms with Gasteiger partial charge in [0.05, 0.1) is 10.0 Å². The second kappa shape index (κ2) is 8.11. The minimum atomic E-state index is 0.234. The van der Waals surface area contributed by atoms with E-state index in [1.807, 2.05) is 25.2 Å². The summed E-state index contributed by atoms with van der Waals surface area (Å²) in [5, 5.41) is 4.61. The Kier molecular flexibility index (Phi) is 7.16. The first-order chi connectivity index (χ1) is 9.01. The summed E-state index contributed by atoms with van der Waals surface area (Å²) in [6, 6.07) is 6.65. The molecule has 1 N–H and O–H groups in total.